The highest BCUT2D eigenvalue weighted by molar-refractivity contribution is 6.00. The number of rotatable bonds is 3. The summed E-state index contributed by atoms with van der Waals surface area (Å²) in [6.45, 7) is 4.59. The van der Waals surface area contributed by atoms with Gasteiger partial charge < -0.3 is 20.1 Å². The van der Waals surface area contributed by atoms with E-state index in [-0.39, 0.29) is 17.6 Å². The zero-order valence-corrected chi connectivity index (χ0v) is 11.1. The van der Waals surface area contributed by atoms with Crippen molar-refractivity contribution in [3.8, 4) is 0 Å². The molecule has 2 rings (SSSR count). The van der Waals surface area contributed by atoms with Crippen LogP contribution in [-0.2, 0) is 4.74 Å². The lowest BCUT2D eigenvalue weighted by atomic mass is 10.1. The monoisotopic (exact) mass is 266 g/mol. The molecule has 1 unspecified atom stereocenters. The van der Waals surface area contributed by atoms with Crippen LogP contribution in [-0.4, -0.2) is 41.2 Å². The number of hydrogen-bond acceptors (Lipinski definition) is 3. The van der Waals surface area contributed by atoms with Gasteiger partial charge in [-0.3, -0.25) is 4.79 Å². The van der Waals surface area contributed by atoms with E-state index in [1.165, 1.54) is 0 Å². The number of carboxylic acids is 1. The maximum atomic E-state index is 12.2. The summed E-state index contributed by atoms with van der Waals surface area (Å²) in [5.41, 5.74) is 1.54. The molecule has 19 heavy (non-hydrogen) atoms. The van der Waals surface area contributed by atoms with Gasteiger partial charge in [-0.05, 0) is 32.3 Å². The quantitative estimate of drug-likeness (QED) is 0.767. The molecule has 3 N–H and O–H groups in total. The van der Waals surface area contributed by atoms with Crippen molar-refractivity contribution < 1.29 is 19.4 Å². The van der Waals surface area contributed by atoms with Crippen LogP contribution < -0.4 is 5.32 Å². The highest BCUT2D eigenvalue weighted by atomic mass is 16.5. The Bertz CT molecular complexity index is 501. The van der Waals surface area contributed by atoms with Gasteiger partial charge >= 0.3 is 5.97 Å². The Morgan fingerprint density at radius 2 is 2.16 bits per heavy atom. The molecule has 1 aromatic heterocycles. The van der Waals surface area contributed by atoms with Crippen molar-refractivity contribution in [3.05, 3.63) is 22.5 Å². The summed E-state index contributed by atoms with van der Waals surface area (Å²) in [6, 6.07) is 0.00299. The second-order valence-corrected chi connectivity index (χ2v) is 4.82. The molecule has 1 atom stereocenters. The first-order valence-corrected chi connectivity index (χ1v) is 6.31. The Morgan fingerprint density at radius 1 is 1.42 bits per heavy atom. The van der Waals surface area contributed by atoms with Crippen molar-refractivity contribution in [2.45, 2.75) is 32.7 Å². The number of carbonyl (C=O) groups is 2. The largest absolute Gasteiger partial charge is 0.477 e. The molecule has 1 aromatic rings. The molecule has 1 aliphatic rings. The maximum Gasteiger partial charge on any atom is 0.352 e. The van der Waals surface area contributed by atoms with E-state index in [1.54, 1.807) is 13.8 Å². The van der Waals surface area contributed by atoms with Gasteiger partial charge in [0.05, 0.1) is 18.2 Å². The number of ether oxygens (including phenoxy) is 1. The minimum Gasteiger partial charge on any atom is -0.477 e. The predicted molar refractivity (Wildman–Crippen MR) is 68.5 cm³/mol. The van der Waals surface area contributed by atoms with Crippen LogP contribution in [0.3, 0.4) is 0 Å². The van der Waals surface area contributed by atoms with Gasteiger partial charge in [0.15, 0.2) is 0 Å². The zero-order valence-electron chi connectivity index (χ0n) is 11.1. The maximum absolute atomic E-state index is 12.2. The molecule has 0 bridgehead atoms. The van der Waals surface area contributed by atoms with Crippen molar-refractivity contribution in [1.82, 2.24) is 10.3 Å². The first-order valence-electron chi connectivity index (χ1n) is 6.31. The van der Waals surface area contributed by atoms with Crippen molar-refractivity contribution in [3.63, 3.8) is 0 Å². The summed E-state index contributed by atoms with van der Waals surface area (Å²) in [4.78, 5) is 26.0. The Kier molecular flexibility index (Phi) is 3.90. The Labute approximate surface area is 111 Å². The lowest BCUT2D eigenvalue weighted by molar-refractivity contribution is 0.0623. The van der Waals surface area contributed by atoms with E-state index in [1.807, 2.05) is 0 Å². The fourth-order valence-electron chi connectivity index (χ4n) is 2.42. The van der Waals surface area contributed by atoms with E-state index < -0.39 is 5.97 Å². The average molecular weight is 266 g/mol. The third kappa shape index (κ3) is 2.78. The molecule has 0 saturated carbocycles. The SMILES string of the molecule is Cc1[nH]c(C(=O)O)c(C)c1C(=O)NC1CCCOC1. The summed E-state index contributed by atoms with van der Waals surface area (Å²) in [5.74, 6) is -1.30. The number of aromatic carboxylic acids is 1. The van der Waals surface area contributed by atoms with Crippen LogP contribution in [0.2, 0.25) is 0 Å². The molecular weight excluding hydrogens is 248 g/mol. The second-order valence-electron chi connectivity index (χ2n) is 4.82. The summed E-state index contributed by atoms with van der Waals surface area (Å²) in [7, 11) is 0. The number of hydrogen-bond donors (Lipinski definition) is 3. The number of nitrogens with one attached hydrogen (secondary N) is 2. The van der Waals surface area contributed by atoms with Gasteiger partial charge in [0, 0.05) is 12.3 Å². The molecule has 6 nitrogen and oxygen atoms in total. The summed E-state index contributed by atoms with van der Waals surface area (Å²) < 4.78 is 5.31. The van der Waals surface area contributed by atoms with Crippen LogP contribution in [0.1, 0.15) is 44.9 Å². The van der Waals surface area contributed by atoms with Gasteiger partial charge in [-0.25, -0.2) is 4.79 Å². The average Bonchev–Trinajstić information content (AvgIpc) is 2.66. The van der Waals surface area contributed by atoms with Gasteiger partial charge in [-0.15, -0.1) is 0 Å². The molecule has 104 valence electrons. The minimum atomic E-state index is -1.05. The van der Waals surface area contributed by atoms with E-state index in [4.69, 9.17) is 9.84 Å². The van der Waals surface area contributed by atoms with E-state index in [2.05, 4.69) is 10.3 Å². The number of aromatic nitrogens is 1. The van der Waals surface area contributed by atoms with Crippen LogP contribution in [0.5, 0.6) is 0 Å². The molecule has 0 aromatic carbocycles. The number of aryl methyl sites for hydroxylation is 1. The molecule has 2 heterocycles. The van der Waals surface area contributed by atoms with Crippen LogP contribution in [0.4, 0.5) is 0 Å². The highest BCUT2D eigenvalue weighted by Crippen LogP contribution is 2.18. The fraction of sp³-hybridized carbons (Fsp3) is 0.538. The summed E-state index contributed by atoms with van der Waals surface area (Å²) in [5, 5.41) is 11.9. The molecule has 0 spiro atoms. The van der Waals surface area contributed by atoms with Gasteiger partial charge in [0.25, 0.3) is 5.91 Å². The van der Waals surface area contributed by atoms with Crippen molar-refractivity contribution in [2.24, 2.45) is 0 Å². The zero-order chi connectivity index (χ0) is 14.0. The van der Waals surface area contributed by atoms with Crippen LogP contribution in [0.15, 0.2) is 0 Å². The lowest BCUT2D eigenvalue weighted by Gasteiger charge is -2.23. The normalized spacial score (nSPS) is 19.2. The number of H-pyrrole nitrogens is 1. The summed E-state index contributed by atoms with van der Waals surface area (Å²) in [6.07, 6.45) is 1.82. The standard InChI is InChI=1S/C13H18N2O4/c1-7-10(8(2)14-11(7)13(17)18)12(16)15-9-4-3-5-19-6-9/h9,14H,3-6H2,1-2H3,(H,15,16)(H,17,18). The van der Waals surface area contributed by atoms with Crippen molar-refractivity contribution in [1.29, 1.82) is 0 Å². The van der Waals surface area contributed by atoms with E-state index in [0.717, 1.165) is 19.4 Å². The lowest BCUT2D eigenvalue weighted by Crippen LogP contribution is -2.40. The van der Waals surface area contributed by atoms with E-state index >= 15 is 0 Å². The highest BCUT2D eigenvalue weighted by Gasteiger charge is 2.24. The third-order valence-corrected chi connectivity index (χ3v) is 3.37. The Balaban J connectivity index is 2.16. The van der Waals surface area contributed by atoms with Gasteiger partial charge in [0.2, 0.25) is 0 Å². The molecular formula is C13H18N2O4. The van der Waals surface area contributed by atoms with Crippen LogP contribution in [0.25, 0.3) is 0 Å². The van der Waals surface area contributed by atoms with E-state index in [9.17, 15) is 9.59 Å². The molecule has 1 saturated heterocycles. The molecule has 0 radical (unpaired) electrons. The van der Waals surface area contributed by atoms with Crippen LogP contribution >= 0.6 is 0 Å². The van der Waals surface area contributed by atoms with Crippen LogP contribution in [0, 0.1) is 13.8 Å². The van der Waals surface area contributed by atoms with Gasteiger partial charge in [0.1, 0.15) is 5.69 Å². The molecule has 6 heteroatoms. The number of carboxylic acid groups (broad SMARTS) is 1. The van der Waals surface area contributed by atoms with Crippen molar-refractivity contribution in [2.75, 3.05) is 13.2 Å². The predicted octanol–water partition coefficient (Wildman–Crippen LogP) is 1.24. The molecule has 0 aliphatic carbocycles. The molecule has 1 aliphatic heterocycles. The van der Waals surface area contributed by atoms with Gasteiger partial charge in [-0.2, -0.15) is 0 Å². The number of amides is 1. The second kappa shape index (κ2) is 5.44. The smallest absolute Gasteiger partial charge is 0.352 e. The molecule has 1 amide bonds. The third-order valence-electron chi connectivity index (χ3n) is 3.37. The number of aromatic amines is 1. The summed E-state index contributed by atoms with van der Waals surface area (Å²) >= 11 is 0. The Hall–Kier alpha value is -1.82. The first kappa shape index (κ1) is 13.6. The van der Waals surface area contributed by atoms with Crippen molar-refractivity contribution >= 4 is 11.9 Å². The van der Waals surface area contributed by atoms with E-state index in [0.29, 0.717) is 23.4 Å². The van der Waals surface area contributed by atoms with Gasteiger partial charge in [-0.1, -0.05) is 0 Å². The minimum absolute atomic E-state index is 0.00299. The number of carbonyl (C=O) groups excluding carboxylic acids is 1. The molecule has 1 fully saturated rings. The first-order chi connectivity index (χ1) is 9.00. The fourth-order valence-corrected chi connectivity index (χ4v) is 2.42. The Morgan fingerprint density at radius 3 is 2.68 bits per heavy atom. The topological polar surface area (TPSA) is 91.4 Å².